The minimum atomic E-state index is -0.916. The SMILES string of the molecule is O=C(O)c1cccc(Cn2ccnc2Cc2ccccn2)c1. The molecule has 0 bridgehead atoms. The lowest BCUT2D eigenvalue weighted by Gasteiger charge is -2.08. The van der Waals surface area contributed by atoms with Crippen LogP contribution in [0.25, 0.3) is 0 Å². The molecule has 0 spiro atoms. The van der Waals surface area contributed by atoms with Crippen molar-refractivity contribution in [3.8, 4) is 0 Å². The second-order valence-corrected chi connectivity index (χ2v) is 4.97. The Balaban J connectivity index is 1.80. The fourth-order valence-electron chi connectivity index (χ4n) is 2.32. The van der Waals surface area contributed by atoms with E-state index in [0.29, 0.717) is 18.5 Å². The maximum atomic E-state index is 11.0. The molecule has 5 nitrogen and oxygen atoms in total. The molecule has 0 aliphatic heterocycles. The molecule has 110 valence electrons. The zero-order chi connectivity index (χ0) is 15.4. The van der Waals surface area contributed by atoms with E-state index in [4.69, 9.17) is 5.11 Å². The molecule has 3 aromatic rings. The van der Waals surface area contributed by atoms with Crippen molar-refractivity contribution in [1.29, 1.82) is 0 Å². The molecular formula is C17H15N3O2. The first-order valence-corrected chi connectivity index (χ1v) is 6.94. The molecule has 0 unspecified atom stereocenters. The Labute approximate surface area is 127 Å². The highest BCUT2D eigenvalue weighted by atomic mass is 16.4. The summed E-state index contributed by atoms with van der Waals surface area (Å²) in [6, 6.07) is 12.7. The van der Waals surface area contributed by atoms with Gasteiger partial charge in [-0.1, -0.05) is 18.2 Å². The van der Waals surface area contributed by atoms with Crippen LogP contribution in [0.2, 0.25) is 0 Å². The molecule has 5 heteroatoms. The molecule has 2 aromatic heterocycles. The van der Waals surface area contributed by atoms with Crippen molar-refractivity contribution in [2.24, 2.45) is 0 Å². The van der Waals surface area contributed by atoms with Crippen molar-refractivity contribution in [3.63, 3.8) is 0 Å². The van der Waals surface area contributed by atoms with Gasteiger partial charge in [0.05, 0.1) is 5.56 Å². The number of aromatic nitrogens is 3. The Kier molecular flexibility index (Phi) is 3.96. The molecule has 0 atom stereocenters. The van der Waals surface area contributed by atoms with Crippen molar-refractivity contribution in [3.05, 3.63) is 83.7 Å². The fraction of sp³-hybridized carbons (Fsp3) is 0.118. The molecule has 1 N–H and O–H groups in total. The molecular weight excluding hydrogens is 278 g/mol. The summed E-state index contributed by atoms with van der Waals surface area (Å²) in [4.78, 5) is 19.7. The third-order valence-corrected chi connectivity index (χ3v) is 3.39. The van der Waals surface area contributed by atoms with Gasteiger partial charge in [-0.2, -0.15) is 0 Å². The Bertz CT molecular complexity index is 781. The van der Waals surface area contributed by atoms with Crippen molar-refractivity contribution < 1.29 is 9.90 Å². The number of pyridine rings is 1. The van der Waals surface area contributed by atoms with E-state index in [9.17, 15) is 4.79 Å². The number of imidazole rings is 1. The van der Waals surface area contributed by atoms with E-state index in [-0.39, 0.29) is 0 Å². The average Bonchev–Trinajstić information content (AvgIpc) is 2.95. The molecule has 0 saturated carbocycles. The normalized spacial score (nSPS) is 10.5. The highest BCUT2D eigenvalue weighted by Gasteiger charge is 2.07. The van der Waals surface area contributed by atoms with Gasteiger partial charge in [0.2, 0.25) is 0 Å². The summed E-state index contributed by atoms with van der Waals surface area (Å²) >= 11 is 0. The molecule has 0 aliphatic rings. The minimum Gasteiger partial charge on any atom is -0.478 e. The second kappa shape index (κ2) is 6.22. The Morgan fingerprint density at radius 3 is 2.77 bits per heavy atom. The Morgan fingerprint density at radius 1 is 1.09 bits per heavy atom. The quantitative estimate of drug-likeness (QED) is 0.785. The van der Waals surface area contributed by atoms with Crippen LogP contribution in [0.3, 0.4) is 0 Å². The number of aromatic carboxylic acids is 1. The summed E-state index contributed by atoms with van der Waals surface area (Å²) in [6.45, 7) is 0.587. The fourth-order valence-corrected chi connectivity index (χ4v) is 2.32. The highest BCUT2D eigenvalue weighted by Crippen LogP contribution is 2.11. The number of benzene rings is 1. The largest absolute Gasteiger partial charge is 0.478 e. The number of carboxylic acids is 1. The summed E-state index contributed by atoms with van der Waals surface area (Å²) in [6.07, 6.45) is 6.05. The van der Waals surface area contributed by atoms with Gasteiger partial charge in [-0.05, 0) is 29.8 Å². The zero-order valence-electron chi connectivity index (χ0n) is 11.9. The van der Waals surface area contributed by atoms with E-state index in [2.05, 4.69) is 9.97 Å². The van der Waals surface area contributed by atoms with Crippen LogP contribution >= 0.6 is 0 Å². The van der Waals surface area contributed by atoms with Gasteiger partial charge in [-0.15, -0.1) is 0 Å². The molecule has 2 heterocycles. The van der Waals surface area contributed by atoms with Crippen LogP contribution in [0, 0.1) is 0 Å². The number of nitrogens with zero attached hydrogens (tertiary/aromatic N) is 3. The summed E-state index contributed by atoms with van der Waals surface area (Å²) in [5.74, 6) is -0.0133. The van der Waals surface area contributed by atoms with Crippen LogP contribution in [-0.2, 0) is 13.0 Å². The topological polar surface area (TPSA) is 68.0 Å². The van der Waals surface area contributed by atoms with E-state index in [1.54, 1.807) is 30.6 Å². The van der Waals surface area contributed by atoms with E-state index in [1.165, 1.54) is 0 Å². The first-order valence-electron chi connectivity index (χ1n) is 6.94. The average molecular weight is 293 g/mol. The number of hydrogen-bond donors (Lipinski definition) is 1. The zero-order valence-corrected chi connectivity index (χ0v) is 11.9. The first kappa shape index (κ1) is 14.0. The van der Waals surface area contributed by atoms with Gasteiger partial charge < -0.3 is 9.67 Å². The van der Waals surface area contributed by atoms with Crippen molar-refractivity contribution >= 4 is 5.97 Å². The van der Waals surface area contributed by atoms with E-state index in [1.807, 2.05) is 35.0 Å². The molecule has 0 saturated heterocycles. The van der Waals surface area contributed by atoms with Crippen LogP contribution in [0.5, 0.6) is 0 Å². The molecule has 3 rings (SSSR count). The molecule has 1 aromatic carbocycles. The van der Waals surface area contributed by atoms with E-state index in [0.717, 1.165) is 17.1 Å². The molecule has 22 heavy (non-hydrogen) atoms. The van der Waals surface area contributed by atoms with Gasteiger partial charge in [0.15, 0.2) is 0 Å². The lowest BCUT2D eigenvalue weighted by atomic mass is 10.1. The molecule has 0 amide bonds. The highest BCUT2D eigenvalue weighted by molar-refractivity contribution is 5.87. The first-order chi connectivity index (χ1) is 10.7. The predicted octanol–water partition coefficient (Wildman–Crippen LogP) is 2.62. The molecule has 0 aliphatic carbocycles. The van der Waals surface area contributed by atoms with Crippen molar-refractivity contribution in [2.75, 3.05) is 0 Å². The lowest BCUT2D eigenvalue weighted by molar-refractivity contribution is 0.0696. The number of carbonyl (C=O) groups is 1. The van der Waals surface area contributed by atoms with Crippen LogP contribution in [0.4, 0.5) is 0 Å². The van der Waals surface area contributed by atoms with Crippen molar-refractivity contribution in [1.82, 2.24) is 14.5 Å². The summed E-state index contributed by atoms with van der Waals surface area (Å²) in [5.41, 5.74) is 2.18. The maximum Gasteiger partial charge on any atom is 0.335 e. The number of carboxylic acid groups (broad SMARTS) is 1. The van der Waals surface area contributed by atoms with E-state index >= 15 is 0 Å². The number of rotatable bonds is 5. The molecule has 0 radical (unpaired) electrons. The van der Waals surface area contributed by atoms with Gasteiger partial charge in [0.25, 0.3) is 0 Å². The maximum absolute atomic E-state index is 11.0. The standard InChI is InChI=1S/C17H15N3O2/c21-17(22)14-5-3-4-13(10-14)12-20-9-8-19-16(20)11-15-6-1-2-7-18-15/h1-10H,11-12H2,(H,21,22). The Morgan fingerprint density at radius 2 is 2.00 bits per heavy atom. The van der Waals surface area contributed by atoms with Gasteiger partial charge >= 0.3 is 5.97 Å². The third kappa shape index (κ3) is 3.20. The number of hydrogen-bond acceptors (Lipinski definition) is 3. The van der Waals surface area contributed by atoms with Crippen LogP contribution in [-0.4, -0.2) is 25.6 Å². The summed E-state index contributed by atoms with van der Waals surface area (Å²) < 4.78 is 2.01. The summed E-state index contributed by atoms with van der Waals surface area (Å²) in [7, 11) is 0. The minimum absolute atomic E-state index is 0.295. The van der Waals surface area contributed by atoms with E-state index < -0.39 is 5.97 Å². The van der Waals surface area contributed by atoms with Gasteiger partial charge in [-0.25, -0.2) is 9.78 Å². The van der Waals surface area contributed by atoms with Gasteiger partial charge in [0.1, 0.15) is 5.82 Å². The van der Waals surface area contributed by atoms with Crippen molar-refractivity contribution in [2.45, 2.75) is 13.0 Å². The Hall–Kier alpha value is -2.95. The monoisotopic (exact) mass is 293 g/mol. The second-order valence-electron chi connectivity index (χ2n) is 4.97. The third-order valence-electron chi connectivity index (χ3n) is 3.39. The lowest BCUT2D eigenvalue weighted by Crippen LogP contribution is -2.07. The summed E-state index contributed by atoms with van der Waals surface area (Å²) in [5, 5.41) is 9.06. The van der Waals surface area contributed by atoms with Crippen LogP contribution in [0.15, 0.2) is 61.1 Å². The van der Waals surface area contributed by atoms with Crippen LogP contribution < -0.4 is 0 Å². The van der Waals surface area contributed by atoms with Gasteiger partial charge in [-0.3, -0.25) is 4.98 Å². The van der Waals surface area contributed by atoms with Crippen LogP contribution in [0.1, 0.15) is 27.4 Å². The molecule has 0 fully saturated rings. The smallest absolute Gasteiger partial charge is 0.335 e. The predicted molar refractivity (Wildman–Crippen MR) is 81.8 cm³/mol. The van der Waals surface area contributed by atoms with Gasteiger partial charge in [0, 0.05) is 37.3 Å².